The highest BCUT2D eigenvalue weighted by Crippen LogP contribution is 2.26. The van der Waals surface area contributed by atoms with Crippen molar-refractivity contribution in [3.63, 3.8) is 0 Å². The lowest BCUT2D eigenvalue weighted by atomic mass is 10.0. The van der Waals surface area contributed by atoms with Gasteiger partial charge in [0.05, 0.1) is 9.92 Å². The van der Waals surface area contributed by atoms with E-state index in [1.165, 1.54) is 17.7 Å². The Kier molecular flexibility index (Phi) is 6.93. The zero-order valence-corrected chi connectivity index (χ0v) is 20.5. The van der Waals surface area contributed by atoms with Gasteiger partial charge in [0, 0.05) is 31.9 Å². The molecule has 174 valence electrons. The van der Waals surface area contributed by atoms with E-state index in [0.29, 0.717) is 13.0 Å². The van der Waals surface area contributed by atoms with Gasteiger partial charge in [-0.15, -0.1) is 0 Å². The molecule has 1 atom stereocenters. The zero-order chi connectivity index (χ0) is 23.6. The first-order valence-electron chi connectivity index (χ1n) is 10.5. The van der Waals surface area contributed by atoms with Crippen LogP contribution in [0.3, 0.4) is 0 Å². The monoisotopic (exact) mass is 504 g/mol. The molecule has 3 aromatic rings. The van der Waals surface area contributed by atoms with E-state index < -0.39 is 19.9 Å². The summed E-state index contributed by atoms with van der Waals surface area (Å²) in [7, 11) is -7.52. The fourth-order valence-electron chi connectivity index (χ4n) is 3.97. The molecule has 3 aromatic carbocycles. The minimum Gasteiger partial charge on any atom is -0.297 e. The highest BCUT2D eigenvalue weighted by Gasteiger charge is 2.29. The number of likely N-dealkylation sites (tertiary alicyclic amines) is 1. The molecule has 1 heterocycles. The minimum absolute atomic E-state index is 0.0109. The van der Waals surface area contributed by atoms with Crippen LogP contribution in [0, 0.1) is 0 Å². The van der Waals surface area contributed by atoms with Crippen molar-refractivity contribution in [3.8, 4) is 11.1 Å². The molecule has 0 saturated carbocycles. The molecule has 0 unspecified atom stereocenters. The van der Waals surface area contributed by atoms with E-state index in [1.54, 1.807) is 0 Å². The fourth-order valence-corrected chi connectivity index (χ4v) is 6.48. The van der Waals surface area contributed by atoms with Crippen LogP contribution in [0.25, 0.3) is 11.1 Å². The summed E-state index contributed by atoms with van der Waals surface area (Å²) in [4.78, 5) is 1.89. The number of nitrogens with zero attached hydrogens (tertiary/aromatic N) is 1. The van der Waals surface area contributed by atoms with Gasteiger partial charge in [0.2, 0.25) is 10.0 Å². The lowest BCUT2D eigenvalue weighted by Crippen LogP contribution is -2.37. The molecular weight excluding hydrogens is 480 g/mol. The summed E-state index contributed by atoms with van der Waals surface area (Å²) in [5.74, 6) is 0. The maximum Gasteiger partial charge on any atom is 0.242 e. The Morgan fingerprint density at radius 2 is 1.61 bits per heavy atom. The van der Waals surface area contributed by atoms with Crippen molar-refractivity contribution in [2.45, 2.75) is 28.8 Å². The lowest BCUT2D eigenvalue weighted by molar-refractivity contribution is 0.324. The number of benzene rings is 3. The molecule has 0 spiro atoms. The van der Waals surface area contributed by atoms with E-state index >= 15 is 0 Å². The van der Waals surface area contributed by atoms with Crippen molar-refractivity contribution in [3.05, 3.63) is 83.4 Å². The number of nitrogens with one attached hydrogen (secondary N) is 1. The van der Waals surface area contributed by atoms with Gasteiger partial charge in [-0.05, 0) is 41.3 Å². The summed E-state index contributed by atoms with van der Waals surface area (Å²) in [5, 5.41) is -0.0109. The average molecular weight is 505 g/mol. The van der Waals surface area contributed by atoms with Crippen molar-refractivity contribution in [2.75, 3.05) is 19.3 Å². The number of hydrogen-bond acceptors (Lipinski definition) is 5. The van der Waals surface area contributed by atoms with Gasteiger partial charge >= 0.3 is 0 Å². The Bertz CT molecular complexity index is 1340. The van der Waals surface area contributed by atoms with E-state index in [4.69, 9.17) is 11.6 Å². The highest BCUT2D eigenvalue weighted by molar-refractivity contribution is 7.91. The summed E-state index contributed by atoms with van der Waals surface area (Å²) in [6.45, 7) is 2.03. The van der Waals surface area contributed by atoms with E-state index in [-0.39, 0.29) is 20.9 Å². The van der Waals surface area contributed by atoms with Crippen LogP contribution in [-0.2, 0) is 26.4 Å². The van der Waals surface area contributed by atoms with Crippen LogP contribution < -0.4 is 4.72 Å². The molecule has 9 heteroatoms. The quantitative estimate of drug-likeness (QED) is 0.526. The summed E-state index contributed by atoms with van der Waals surface area (Å²) in [6.07, 6.45) is 1.69. The van der Waals surface area contributed by atoms with Crippen LogP contribution >= 0.6 is 11.6 Å². The smallest absolute Gasteiger partial charge is 0.242 e. The van der Waals surface area contributed by atoms with E-state index in [1.807, 2.05) is 18.2 Å². The van der Waals surface area contributed by atoms with Crippen molar-refractivity contribution >= 4 is 31.5 Å². The van der Waals surface area contributed by atoms with Gasteiger partial charge in [-0.3, -0.25) is 4.90 Å². The van der Waals surface area contributed by atoms with Gasteiger partial charge < -0.3 is 0 Å². The van der Waals surface area contributed by atoms with Gasteiger partial charge in [0.15, 0.2) is 9.84 Å². The SMILES string of the molecule is CS(=O)(=O)c1ccc(Cl)c(S(=O)(=O)N[C@@H]2CCN(Cc3ccc(-c4ccccc4)cc3)C2)c1. The molecule has 0 bridgehead atoms. The molecule has 4 rings (SSSR count). The standard InChI is InChI=1S/C24H25ClN2O4S2/c1-32(28,29)22-11-12-23(25)24(15-22)33(30,31)26-21-13-14-27(17-21)16-18-7-9-20(10-8-18)19-5-3-2-4-6-19/h2-12,15,21,26H,13-14,16-17H2,1H3/t21-/m1/s1. The summed E-state index contributed by atoms with van der Waals surface area (Å²) < 4.78 is 52.2. The largest absolute Gasteiger partial charge is 0.297 e. The Morgan fingerprint density at radius 3 is 2.27 bits per heavy atom. The number of sulfonamides is 1. The van der Waals surface area contributed by atoms with Crippen LogP contribution in [0.5, 0.6) is 0 Å². The molecule has 33 heavy (non-hydrogen) atoms. The molecule has 0 aromatic heterocycles. The summed E-state index contributed by atoms with van der Waals surface area (Å²) >= 11 is 6.08. The van der Waals surface area contributed by atoms with Crippen LogP contribution in [0.4, 0.5) is 0 Å². The van der Waals surface area contributed by atoms with E-state index in [9.17, 15) is 16.8 Å². The second kappa shape index (κ2) is 9.56. The van der Waals surface area contributed by atoms with Crippen LogP contribution in [0.15, 0.2) is 82.6 Å². The van der Waals surface area contributed by atoms with Crippen molar-refractivity contribution in [1.29, 1.82) is 0 Å². The molecule has 0 amide bonds. The van der Waals surface area contributed by atoms with Crippen LogP contribution in [0.1, 0.15) is 12.0 Å². The van der Waals surface area contributed by atoms with Gasteiger partial charge in [0.1, 0.15) is 4.90 Å². The lowest BCUT2D eigenvalue weighted by Gasteiger charge is -2.17. The Balaban J connectivity index is 1.40. The average Bonchev–Trinajstić information content (AvgIpc) is 3.20. The molecule has 1 aliphatic rings. The Labute approximate surface area is 200 Å². The first-order chi connectivity index (χ1) is 15.6. The Morgan fingerprint density at radius 1 is 0.939 bits per heavy atom. The van der Waals surface area contributed by atoms with Gasteiger partial charge in [-0.2, -0.15) is 0 Å². The van der Waals surface area contributed by atoms with Crippen molar-refractivity contribution < 1.29 is 16.8 Å². The topological polar surface area (TPSA) is 83.5 Å². The Hall–Kier alpha value is -2.23. The van der Waals surface area contributed by atoms with Gasteiger partial charge in [0.25, 0.3) is 0 Å². The highest BCUT2D eigenvalue weighted by atomic mass is 35.5. The van der Waals surface area contributed by atoms with Gasteiger partial charge in [-0.1, -0.05) is 66.2 Å². The third-order valence-electron chi connectivity index (χ3n) is 5.68. The second-order valence-corrected chi connectivity index (χ2v) is 12.4. The molecule has 1 fully saturated rings. The van der Waals surface area contributed by atoms with Crippen LogP contribution in [-0.4, -0.2) is 47.1 Å². The third kappa shape index (κ3) is 5.83. The number of halogens is 1. The first-order valence-corrected chi connectivity index (χ1v) is 14.3. The molecule has 0 aliphatic carbocycles. The van der Waals surface area contributed by atoms with Crippen molar-refractivity contribution in [1.82, 2.24) is 9.62 Å². The molecular formula is C24H25ClN2O4S2. The second-order valence-electron chi connectivity index (χ2n) is 8.27. The summed E-state index contributed by atoms with van der Waals surface area (Å²) in [5.41, 5.74) is 3.47. The van der Waals surface area contributed by atoms with E-state index in [2.05, 4.69) is 46.0 Å². The maximum absolute atomic E-state index is 12.9. The number of sulfone groups is 1. The van der Waals surface area contributed by atoms with E-state index in [0.717, 1.165) is 36.5 Å². The third-order valence-corrected chi connectivity index (χ3v) is 8.79. The normalized spacial score (nSPS) is 17.3. The number of rotatable bonds is 7. The van der Waals surface area contributed by atoms with Crippen molar-refractivity contribution in [2.24, 2.45) is 0 Å². The van der Waals surface area contributed by atoms with Gasteiger partial charge in [-0.25, -0.2) is 21.6 Å². The first kappa shape index (κ1) is 23.9. The summed E-state index contributed by atoms with van der Waals surface area (Å²) in [6, 6.07) is 22.0. The number of hydrogen-bond donors (Lipinski definition) is 1. The maximum atomic E-state index is 12.9. The predicted octanol–water partition coefficient (Wildman–Crippen LogP) is 3.96. The fraction of sp³-hybridized carbons (Fsp3) is 0.250. The molecule has 0 radical (unpaired) electrons. The zero-order valence-electron chi connectivity index (χ0n) is 18.1. The molecule has 1 N–H and O–H groups in total. The minimum atomic E-state index is -3.96. The van der Waals surface area contributed by atoms with Crippen LogP contribution in [0.2, 0.25) is 5.02 Å². The predicted molar refractivity (Wildman–Crippen MR) is 130 cm³/mol. The molecule has 6 nitrogen and oxygen atoms in total. The molecule has 1 aliphatic heterocycles. The molecule has 1 saturated heterocycles.